The third-order valence-corrected chi connectivity index (χ3v) is 11.6. The highest BCUT2D eigenvalue weighted by molar-refractivity contribution is 5.95. The minimum atomic E-state index is -0.338. The molecule has 10 heteroatoms. The van der Waals surface area contributed by atoms with Crippen LogP contribution in [0, 0.1) is 0 Å². The fourth-order valence-corrected chi connectivity index (χ4v) is 8.79. The first kappa shape index (κ1) is 37.3. The number of hydrogen-bond donors (Lipinski definition) is 2. The number of hydrogen-bond acceptors (Lipinski definition) is 7. The summed E-state index contributed by atoms with van der Waals surface area (Å²) in [5.41, 5.74) is 7.46. The lowest BCUT2D eigenvalue weighted by Gasteiger charge is -2.32. The molecule has 0 aliphatic carbocycles. The molecule has 0 spiro atoms. The van der Waals surface area contributed by atoms with Crippen molar-refractivity contribution in [3.05, 3.63) is 138 Å². The lowest BCUT2D eigenvalue weighted by Crippen LogP contribution is -2.48. The molecule has 4 heterocycles. The average Bonchev–Trinajstić information content (AvgIpc) is 4.06. The Morgan fingerprint density at radius 2 is 1.16 bits per heavy atom. The number of amidine groups is 1. The maximum atomic E-state index is 13.9. The van der Waals surface area contributed by atoms with Crippen LogP contribution in [0.3, 0.4) is 0 Å². The van der Waals surface area contributed by atoms with Crippen molar-refractivity contribution in [1.29, 1.82) is 0 Å². The van der Waals surface area contributed by atoms with E-state index in [2.05, 4.69) is 58.8 Å². The zero-order valence-electron chi connectivity index (χ0n) is 32.8. The zero-order valence-corrected chi connectivity index (χ0v) is 32.8. The molecule has 0 bridgehead atoms. The predicted molar refractivity (Wildman–Crippen MR) is 222 cm³/mol. The van der Waals surface area contributed by atoms with Crippen molar-refractivity contribution >= 4 is 17.6 Å². The van der Waals surface area contributed by atoms with Crippen LogP contribution in [0.4, 0.5) is 0 Å². The number of aliphatic imine (C=N–C) groups is 1. The van der Waals surface area contributed by atoms with E-state index in [0.717, 1.165) is 83.9 Å². The Labute approximate surface area is 330 Å². The second-order valence-corrected chi connectivity index (χ2v) is 15.7. The van der Waals surface area contributed by atoms with E-state index in [0.29, 0.717) is 6.54 Å². The molecule has 5 atom stereocenters. The van der Waals surface area contributed by atoms with E-state index in [-0.39, 0.29) is 42.0 Å². The molecule has 56 heavy (non-hydrogen) atoms. The smallest absolute Gasteiger partial charge is 0.245 e. The summed E-state index contributed by atoms with van der Waals surface area (Å²) in [5.74, 6) is 1.99. The molecule has 2 saturated heterocycles. The standard InChI is InChI=1S/C46H52N8O2/c1-51(2)41(35-13-7-5-8-14-35)45(55)53-27-11-17-39(53)43-47-29-37(49-43)33-23-19-31(20-24-33)32-21-25-34(26-22-32)38-30-48-44(50-38)40-18-12-28-54(40)46(56)42(52(3)4)36-15-9-6-10-16-36/h5-10,13-16,19-26,29,38-42H,11-12,17-18,27-28,30H2,1-4H3,(H,47,49)(H,48,50)/t38?,39-,40-,41+,42+/m0/s1. The van der Waals surface area contributed by atoms with E-state index < -0.39 is 0 Å². The highest BCUT2D eigenvalue weighted by Crippen LogP contribution is 2.36. The molecule has 8 rings (SSSR count). The molecule has 3 aliphatic heterocycles. The molecule has 288 valence electrons. The molecule has 1 aromatic heterocycles. The highest BCUT2D eigenvalue weighted by Gasteiger charge is 2.40. The van der Waals surface area contributed by atoms with Gasteiger partial charge < -0.3 is 20.1 Å². The topological polar surface area (TPSA) is 100 Å². The molecule has 10 nitrogen and oxygen atoms in total. The van der Waals surface area contributed by atoms with Crippen LogP contribution in [0.15, 0.2) is 120 Å². The molecule has 1 unspecified atom stereocenters. The third kappa shape index (κ3) is 7.51. The van der Waals surface area contributed by atoms with Gasteiger partial charge in [0.1, 0.15) is 23.7 Å². The Bertz CT molecular complexity index is 2150. The minimum Gasteiger partial charge on any atom is -0.363 e. The molecule has 2 N–H and O–H groups in total. The van der Waals surface area contributed by atoms with E-state index in [1.807, 2.05) is 115 Å². The van der Waals surface area contributed by atoms with Crippen molar-refractivity contribution in [3.8, 4) is 22.4 Å². The van der Waals surface area contributed by atoms with Gasteiger partial charge in [-0.05, 0) is 87.3 Å². The first-order valence-corrected chi connectivity index (χ1v) is 19.9. The Hall–Kier alpha value is -5.58. The van der Waals surface area contributed by atoms with Gasteiger partial charge >= 0.3 is 0 Å². The Kier molecular flexibility index (Phi) is 10.8. The van der Waals surface area contributed by atoms with E-state index in [1.165, 1.54) is 5.56 Å². The summed E-state index contributed by atoms with van der Waals surface area (Å²) in [6.45, 7) is 2.12. The van der Waals surface area contributed by atoms with Crippen LogP contribution in [-0.2, 0) is 9.59 Å². The Balaban J connectivity index is 0.899. The fraction of sp³-hybridized carbons (Fsp3) is 0.348. The second-order valence-electron chi connectivity index (χ2n) is 15.7. The number of aromatic amines is 1. The van der Waals surface area contributed by atoms with E-state index in [4.69, 9.17) is 9.98 Å². The maximum absolute atomic E-state index is 13.9. The van der Waals surface area contributed by atoms with Crippen LogP contribution >= 0.6 is 0 Å². The number of benzene rings is 4. The quantitative estimate of drug-likeness (QED) is 0.150. The SMILES string of the molecule is CN(C)[C@@H](C(=O)N1CCC[C@H]1C1=NCC(c2ccc(-c3ccc(-c4cnc([C@@H]5CCCN5C(=O)[C@@H](c5ccccc5)N(C)C)[nH]4)cc3)cc2)N1)c1ccccc1. The summed E-state index contributed by atoms with van der Waals surface area (Å²) in [6.07, 6.45) is 5.61. The first-order valence-electron chi connectivity index (χ1n) is 19.9. The van der Waals surface area contributed by atoms with Gasteiger partial charge in [0.15, 0.2) is 0 Å². The van der Waals surface area contributed by atoms with Gasteiger partial charge in [0.2, 0.25) is 11.8 Å². The first-order chi connectivity index (χ1) is 27.3. The number of nitrogens with zero attached hydrogens (tertiary/aromatic N) is 6. The Morgan fingerprint density at radius 3 is 1.71 bits per heavy atom. The predicted octanol–water partition coefficient (Wildman–Crippen LogP) is 7.05. The number of imidazole rings is 1. The molecular formula is C46H52N8O2. The second kappa shape index (κ2) is 16.3. The number of rotatable bonds is 11. The molecular weight excluding hydrogens is 697 g/mol. The summed E-state index contributed by atoms with van der Waals surface area (Å²) in [5, 5.41) is 3.68. The molecule has 2 amide bonds. The van der Waals surface area contributed by atoms with E-state index in [1.54, 1.807) is 0 Å². The van der Waals surface area contributed by atoms with Gasteiger partial charge in [-0.3, -0.25) is 24.4 Å². The lowest BCUT2D eigenvalue weighted by atomic mass is 9.99. The number of likely N-dealkylation sites (N-methyl/N-ethyl adjacent to an activating group) is 2. The largest absolute Gasteiger partial charge is 0.363 e. The number of carbonyl (C=O) groups excluding carboxylic acids is 2. The Morgan fingerprint density at radius 1 is 0.661 bits per heavy atom. The summed E-state index contributed by atoms with van der Waals surface area (Å²) in [7, 11) is 7.87. The number of aromatic nitrogens is 2. The van der Waals surface area contributed by atoms with Crippen LogP contribution in [0.2, 0.25) is 0 Å². The number of H-pyrrole nitrogens is 1. The fourth-order valence-electron chi connectivity index (χ4n) is 8.79. The molecule has 2 fully saturated rings. The summed E-state index contributed by atoms with van der Waals surface area (Å²) in [4.78, 5) is 49.2. The molecule has 4 aromatic carbocycles. The van der Waals surface area contributed by atoms with Crippen LogP contribution in [0.1, 0.15) is 72.4 Å². The van der Waals surface area contributed by atoms with Crippen LogP contribution in [0.25, 0.3) is 22.4 Å². The number of likely N-dealkylation sites (tertiary alicyclic amines) is 2. The van der Waals surface area contributed by atoms with Gasteiger partial charge in [0.05, 0.1) is 36.6 Å². The molecule has 3 aliphatic rings. The van der Waals surface area contributed by atoms with Crippen molar-refractivity contribution in [2.45, 2.75) is 55.9 Å². The monoisotopic (exact) mass is 748 g/mol. The van der Waals surface area contributed by atoms with E-state index in [9.17, 15) is 9.59 Å². The summed E-state index contributed by atoms with van der Waals surface area (Å²) >= 11 is 0. The van der Waals surface area contributed by atoms with Gasteiger partial charge in [0, 0.05) is 13.1 Å². The maximum Gasteiger partial charge on any atom is 0.245 e. The summed E-state index contributed by atoms with van der Waals surface area (Å²) in [6, 6.07) is 36.6. The van der Waals surface area contributed by atoms with Gasteiger partial charge in [-0.25, -0.2) is 4.98 Å². The van der Waals surface area contributed by atoms with Gasteiger partial charge in [-0.2, -0.15) is 0 Å². The van der Waals surface area contributed by atoms with Crippen molar-refractivity contribution < 1.29 is 9.59 Å². The summed E-state index contributed by atoms with van der Waals surface area (Å²) < 4.78 is 0. The zero-order chi connectivity index (χ0) is 38.8. The lowest BCUT2D eigenvalue weighted by molar-refractivity contribution is -0.137. The van der Waals surface area contributed by atoms with Crippen molar-refractivity contribution in [3.63, 3.8) is 0 Å². The van der Waals surface area contributed by atoms with E-state index >= 15 is 0 Å². The van der Waals surface area contributed by atoms with Crippen molar-refractivity contribution in [1.82, 2.24) is 34.9 Å². The number of amides is 2. The molecule has 0 radical (unpaired) electrons. The molecule has 0 saturated carbocycles. The average molecular weight is 749 g/mol. The van der Waals surface area contributed by atoms with Crippen LogP contribution < -0.4 is 5.32 Å². The molecule has 5 aromatic rings. The number of carbonyl (C=O) groups is 2. The van der Waals surface area contributed by atoms with Crippen LogP contribution in [-0.4, -0.2) is 101 Å². The third-order valence-electron chi connectivity index (χ3n) is 11.6. The van der Waals surface area contributed by atoms with Crippen molar-refractivity contribution in [2.24, 2.45) is 4.99 Å². The van der Waals surface area contributed by atoms with Gasteiger partial charge in [0.25, 0.3) is 0 Å². The van der Waals surface area contributed by atoms with Gasteiger partial charge in [-0.1, -0.05) is 109 Å². The van der Waals surface area contributed by atoms with Gasteiger partial charge in [-0.15, -0.1) is 0 Å². The highest BCUT2D eigenvalue weighted by atomic mass is 16.2. The van der Waals surface area contributed by atoms with Crippen LogP contribution in [0.5, 0.6) is 0 Å². The normalized spacial score (nSPS) is 20.7. The number of nitrogens with one attached hydrogen (secondary N) is 2. The van der Waals surface area contributed by atoms with Crippen molar-refractivity contribution in [2.75, 3.05) is 47.8 Å². The minimum absolute atomic E-state index is 0.0305.